The van der Waals surface area contributed by atoms with Crippen LogP contribution in [0.2, 0.25) is 0 Å². The first kappa shape index (κ1) is 44.9. The number of hydrogen-bond donors (Lipinski definition) is 3. The van der Waals surface area contributed by atoms with E-state index >= 15 is 0 Å². The minimum absolute atomic E-state index is 0.0471. The highest BCUT2D eigenvalue weighted by molar-refractivity contribution is 7.91. The molecule has 0 unspecified atom stereocenters. The molecule has 0 spiro atoms. The van der Waals surface area contributed by atoms with Gasteiger partial charge in [-0.1, -0.05) is 26.0 Å². The van der Waals surface area contributed by atoms with Crippen LogP contribution in [-0.2, 0) is 29.1 Å². The van der Waals surface area contributed by atoms with Crippen molar-refractivity contribution in [3.8, 4) is 27.7 Å². The molecule has 4 amide bonds. The number of amides is 4. The maximum atomic E-state index is 14.9. The van der Waals surface area contributed by atoms with Crippen LogP contribution in [0, 0.1) is 17.8 Å². The molecule has 62 heavy (non-hydrogen) atoms. The van der Waals surface area contributed by atoms with Gasteiger partial charge in [0.2, 0.25) is 27.4 Å². The third kappa shape index (κ3) is 9.45. The summed E-state index contributed by atoms with van der Waals surface area (Å²) in [5, 5.41) is 7.60. The second-order valence-electron chi connectivity index (χ2n) is 17.6. The smallest absolute Gasteiger partial charge is 0.427 e. The number of alkyl carbamates (subject to hydrolysis) is 1. The minimum atomic E-state index is -4.92. The van der Waals surface area contributed by atoms with Crippen molar-refractivity contribution >= 4 is 45.2 Å². The molecule has 334 valence electrons. The van der Waals surface area contributed by atoms with Crippen molar-refractivity contribution in [2.75, 3.05) is 6.54 Å². The molecule has 2 aliphatic carbocycles. The first-order valence-corrected chi connectivity index (χ1v) is 22.9. The average Bonchev–Trinajstić information content (AvgIpc) is 3.95. The summed E-state index contributed by atoms with van der Waals surface area (Å²) in [7, 11) is -4.09. The van der Waals surface area contributed by atoms with Crippen LogP contribution in [-0.4, -0.2) is 98.9 Å². The molecule has 7 rings (SSSR count). The molecule has 2 saturated carbocycles. The lowest BCUT2D eigenvalue weighted by molar-refractivity contribution is -0.244. The summed E-state index contributed by atoms with van der Waals surface area (Å²) in [5.41, 5.74) is -2.88. The largest absolute Gasteiger partial charge is 0.488 e. The summed E-state index contributed by atoms with van der Waals surface area (Å²) in [4.78, 5) is 71.3. The zero-order valence-electron chi connectivity index (χ0n) is 34.9. The number of nitrogens with one attached hydrogen (secondary N) is 3. The number of hydrogen-bond acceptors (Lipinski definition) is 12. The van der Waals surface area contributed by atoms with E-state index < -0.39 is 85.9 Å². The zero-order chi connectivity index (χ0) is 44.8. The Morgan fingerprint density at radius 1 is 1.08 bits per heavy atom. The fraction of sp³-hybridized carbons (Fsp3) is 0.548. The molecular weight excluding hydrogens is 852 g/mol. The molecule has 3 aromatic rings. The summed E-state index contributed by atoms with van der Waals surface area (Å²) in [5.74, 6) is -3.40. The Hall–Kier alpha value is -5.11. The van der Waals surface area contributed by atoms with Crippen LogP contribution in [0.3, 0.4) is 0 Å². The molecule has 5 heterocycles. The highest BCUT2D eigenvalue weighted by Gasteiger charge is 2.63. The predicted octanol–water partition coefficient (Wildman–Crippen LogP) is 5.94. The van der Waals surface area contributed by atoms with Crippen LogP contribution in [0.1, 0.15) is 79.6 Å². The third-order valence-corrected chi connectivity index (χ3v) is 15.2. The highest BCUT2D eigenvalue weighted by Crippen LogP contribution is 2.48. The summed E-state index contributed by atoms with van der Waals surface area (Å²) >= 11 is 1.36. The lowest BCUT2D eigenvalue weighted by Gasteiger charge is -2.34. The molecule has 15 nitrogen and oxygen atoms in total. The van der Waals surface area contributed by atoms with Gasteiger partial charge in [-0.05, 0) is 83.3 Å². The Bertz CT molecular complexity index is 2330. The predicted molar refractivity (Wildman–Crippen MR) is 222 cm³/mol. The maximum absolute atomic E-state index is 14.9. The fourth-order valence-corrected chi connectivity index (χ4v) is 9.84. The number of nitrogens with zero attached hydrogens (tertiary/aromatic N) is 4. The van der Waals surface area contributed by atoms with Crippen molar-refractivity contribution in [3.05, 3.63) is 60.4 Å². The third-order valence-electron chi connectivity index (χ3n) is 12.3. The van der Waals surface area contributed by atoms with E-state index in [-0.39, 0.29) is 25.3 Å². The van der Waals surface area contributed by atoms with E-state index in [1.54, 1.807) is 55.2 Å². The Morgan fingerprint density at radius 3 is 2.48 bits per heavy atom. The van der Waals surface area contributed by atoms with Gasteiger partial charge in [-0.15, -0.1) is 11.3 Å². The number of carbonyl (C=O) groups is 4. The second-order valence-corrected chi connectivity index (χ2v) is 20.7. The standard InChI is InChI=1S/C42H50F3N7O8S2/c1-24-9-6-7-11-27-21-41(27,37(55)51-62(57,58)40(5)12-13-40)50-34(53)32-20-29(23-52(32)36(54)33(25(2)17-24)49-38(56)60-39(3,4)42(43,44)45)59-28-18-30(26-10-8-14-46-22-26)48-31(19-28)35-47-15-16-61-35/h7-8,10-11,14-16,18-19,22,24-25,27,29,32-33H,6,9,12-13,17,20-21,23H2,1-5H3,(H,49,56)(H,50,53)(H,51,55)/b11-7-/t24-,25-,27-,29-,32+,33+,41-/m1/s1. The normalized spacial score (nSPS) is 28.2. The van der Waals surface area contributed by atoms with Gasteiger partial charge in [-0.25, -0.2) is 23.2 Å². The number of sulfonamides is 1. The summed E-state index contributed by atoms with van der Waals surface area (Å²) in [6, 6.07) is 4.14. The van der Waals surface area contributed by atoms with Crippen molar-refractivity contribution in [3.63, 3.8) is 0 Å². The van der Waals surface area contributed by atoms with E-state index in [2.05, 4.69) is 25.3 Å². The van der Waals surface area contributed by atoms with Gasteiger partial charge in [0.15, 0.2) is 0 Å². The number of rotatable bonds is 9. The van der Waals surface area contributed by atoms with Gasteiger partial charge in [-0.3, -0.25) is 24.1 Å². The van der Waals surface area contributed by atoms with Crippen LogP contribution < -0.4 is 20.1 Å². The van der Waals surface area contributed by atoms with Crippen molar-refractivity contribution in [2.45, 2.75) is 120 Å². The maximum Gasteiger partial charge on any atom is 0.427 e. The van der Waals surface area contributed by atoms with E-state index in [0.717, 1.165) is 0 Å². The number of thiazole rings is 1. The SMILES string of the molecule is C[C@@H]1CC/C=C\[C@@H]2C[C@@]2(C(=O)NS(=O)(=O)C2(C)CC2)NC(=O)[C@@H]2C[C@@H](Oc3cc(-c4cccnc4)nc(-c4nccs4)c3)CN2C(=O)[C@@H](NC(=O)OC(C)(C)C(F)(F)F)[C@H](C)C1. The number of pyridine rings is 2. The molecule has 3 N–H and O–H groups in total. The van der Waals surface area contributed by atoms with Gasteiger partial charge >= 0.3 is 12.3 Å². The van der Waals surface area contributed by atoms with E-state index in [1.165, 1.54) is 23.2 Å². The molecule has 20 heteroatoms. The average molecular weight is 902 g/mol. The van der Waals surface area contributed by atoms with Gasteiger partial charge < -0.3 is 25.0 Å². The molecule has 0 bridgehead atoms. The van der Waals surface area contributed by atoms with E-state index in [0.29, 0.717) is 73.7 Å². The molecule has 7 atom stereocenters. The zero-order valence-corrected chi connectivity index (χ0v) is 36.5. The molecule has 2 aliphatic heterocycles. The summed E-state index contributed by atoms with van der Waals surface area (Å²) in [6.45, 7) is 6.34. The molecule has 1 saturated heterocycles. The van der Waals surface area contributed by atoms with Crippen molar-refractivity contribution in [1.29, 1.82) is 0 Å². The van der Waals surface area contributed by atoms with Crippen molar-refractivity contribution in [2.24, 2.45) is 17.8 Å². The van der Waals surface area contributed by atoms with Gasteiger partial charge in [0.05, 0.1) is 17.0 Å². The topological polar surface area (TPSA) is 199 Å². The molecule has 0 radical (unpaired) electrons. The molecule has 4 aliphatic rings. The number of ether oxygens (including phenoxy) is 2. The summed E-state index contributed by atoms with van der Waals surface area (Å²) < 4.78 is 80.4. The number of fused-ring (bicyclic) bond motifs is 2. The quantitative estimate of drug-likeness (QED) is 0.215. The Morgan fingerprint density at radius 2 is 1.82 bits per heavy atom. The van der Waals surface area contributed by atoms with Gasteiger partial charge in [0, 0.05) is 54.0 Å². The first-order valence-electron chi connectivity index (χ1n) is 20.5. The van der Waals surface area contributed by atoms with Crippen LogP contribution in [0.15, 0.2) is 60.4 Å². The Labute approximate surface area is 361 Å². The number of halogens is 3. The number of carbonyl (C=O) groups excluding carboxylic acids is 4. The van der Waals surface area contributed by atoms with Crippen molar-refractivity contribution < 1.29 is 50.2 Å². The molecule has 0 aromatic carbocycles. The number of alkyl halides is 3. The Kier molecular flexibility index (Phi) is 12.2. The number of allylic oxidation sites excluding steroid dienone is 1. The van der Waals surface area contributed by atoms with Crippen LogP contribution >= 0.6 is 11.3 Å². The van der Waals surface area contributed by atoms with E-state index in [1.807, 2.05) is 19.1 Å². The van der Waals surface area contributed by atoms with Crippen LogP contribution in [0.25, 0.3) is 22.0 Å². The second kappa shape index (κ2) is 16.9. The molecular formula is C42H50F3N7O8S2. The van der Waals surface area contributed by atoms with Gasteiger partial charge in [0.25, 0.3) is 5.91 Å². The van der Waals surface area contributed by atoms with Gasteiger partial charge in [-0.2, -0.15) is 13.2 Å². The van der Waals surface area contributed by atoms with Gasteiger partial charge in [0.1, 0.15) is 40.2 Å². The van der Waals surface area contributed by atoms with Crippen LogP contribution in [0.5, 0.6) is 5.75 Å². The van der Waals surface area contributed by atoms with E-state index in [9.17, 15) is 40.8 Å². The fourth-order valence-electron chi connectivity index (χ4n) is 7.93. The lowest BCUT2D eigenvalue weighted by atomic mass is 9.88. The molecule has 3 aromatic heterocycles. The highest BCUT2D eigenvalue weighted by atomic mass is 32.2. The lowest BCUT2D eigenvalue weighted by Crippen LogP contribution is -2.59. The van der Waals surface area contributed by atoms with Crippen molar-refractivity contribution in [1.82, 2.24) is 35.2 Å². The van der Waals surface area contributed by atoms with Crippen LogP contribution in [0.4, 0.5) is 18.0 Å². The van der Waals surface area contributed by atoms with E-state index in [4.69, 9.17) is 14.5 Å². The first-order chi connectivity index (χ1) is 29.1. The number of aromatic nitrogens is 3. The Balaban J connectivity index is 1.24. The summed E-state index contributed by atoms with van der Waals surface area (Å²) in [6.07, 6.45) is 3.49. The monoisotopic (exact) mass is 901 g/mol. The minimum Gasteiger partial charge on any atom is -0.488 e. The molecule has 3 fully saturated rings.